The van der Waals surface area contributed by atoms with Crippen LogP contribution in [0.2, 0.25) is 0 Å². The topological polar surface area (TPSA) is 64.2 Å². The Hall–Kier alpha value is -3.38. The van der Waals surface area contributed by atoms with Gasteiger partial charge in [-0.15, -0.1) is 0 Å². The molecule has 3 rings (SSSR count). The van der Waals surface area contributed by atoms with Gasteiger partial charge in [-0.25, -0.2) is 4.39 Å². The van der Waals surface area contributed by atoms with Gasteiger partial charge < -0.3 is 20.1 Å². The van der Waals surface area contributed by atoms with Crippen LogP contribution < -0.4 is 20.1 Å². The Labute approximate surface area is 182 Å². The predicted octanol–water partition coefficient (Wildman–Crippen LogP) is 3.70. The number of rotatable bonds is 9. The molecular formula is C25H28FN2O3+. The Morgan fingerprint density at radius 3 is 2.42 bits per heavy atom. The quantitative estimate of drug-likeness (QED) is 0.552. The van der Waals surface area contributed by atoms with Gasteiger partial charge in [0, 0.05) is 17.2 Å². The van der Waals surface area contributed by atoms with Crippen molar-refractivity contribution in [3.8, 4) is 11.5 Å². The number of hydrogen-bond donors (Lipinski definition) is 2. The van der Waals surface area contributed by atoms with E-state index < -0.39 is 0 Å². The molecule has 1 amide bonds. The molecule has 31 heavy (non-hydrogen) atoms. The average molecular weight is 424 g/mol. The highest BCUT2D eigenvalue weighted by Crippen LogP contribution is 2.28. The molecule has 0 saturated heterocycles. The highest BCUT2D eigenvalue weighted by Gasteiger charge is 2.20. The zero-order valence-electron chi connectivity index (χ0n) is 18.0. The molecule has 5 nitrogen and oxygen atoms in total. The van der Waals surface area contributed by atoms with Crippen LogP contribution in [0.1, 0.15) is 29.7 Å². The molecule has 1 atom stereocenters. The maximum absolute atomic E-state index is 13.9. The van der Waals surface area contributed by atoms with Gasteiger partial charge in [-0.2, -0.15) is 0 Å². The Morgan fingerprint density at radius 1 is 1.00 bits per heavy atom. The monoisotopic (exact) mass is 423 g/mol. The van der Waals surface area contributed by atoms with Crippen LogP contribution in [0.15, 0.2) is 66.7 Å². The first-order valence-electron chi connectivity index (χ1n) is 10.2. The van der Waals surface area contributed by atoms with E-state index in [9.17, 15) is 9.18 Å². The van der Waals surface area contributed by atoms with Gasteiger partial charge in [-0.05, 0) is 36.2 Å². The van der Waals surface area contributed by atoms with Crippen molar-refractivity contribution in [3.05, 3.63) is 89.2 Å². The first-order chi connectivity index (χ1) is 15.0. The molecule has 0 aromatic heterocycles. The molecule has 0 aliphatic carbocycles. The Morgan fingerprint density at radius 2 is 1.77 bits per heavy atom. The number of quaternary nitrogens is 1. The van der Waals surface area contributed by atoms with Crippen molar-refractivity contribution in [1.29, 1.82) is 0 Å². The maximum Gasteiger partial charge on any atom is 0.279 e. The minimum absolute atomic E-state index is 0.150. The number of nitrogens with one attached hydrogen (secondary N) is 1. The van der Waals surface area contributed by atoms with E-state index in [1.54, 1.807) is 38.5 Å². The number of carbonyl (C=O) groups excluding carboxylic acids is 1. The number of benzene rings is 3. The molecule has 162 valence electrons. The summed E-state index contributed by atoms with van der Waals surface area (Å²) in [6, 6.07) is 19.7. The number of amides is 1. The van der Waals surface area contributed by atoms with Gasteiger partial charge in [0.05, 0.1) is 19.9 Å². The number of carbonyl (C=O) groups is 1. The minimum Gasteiger partial charge on any atom is -0.497 e. The summed E-state index contributed by atoms with van der Waals surface area (Å²) in [5.74, 6) is 0.671. The van der Waals surface area contributed by atoms with Crippen molar-refractivity contribution in [1.82, 2.24) is 0 Å². The van der Waals surface area contributed by atoms with Crippen LogP contribution in [-0.4, -0.2) is 26.7 Å². The van der Waals surface area contributed by atoms with Crippen LogP contribution in [0, 0.1) is 5.82 Å². The second kappa shape index (κ2) is 10.6. The summed E-state index contributed by atoms with van der Waals surface area (Å²) >= 11 is 0. The molecule has 0 spiro atoms. The van der Waals surface area contributed by atoms with Crippen molar-refractivity contribution in [2.45, 2.75) is 19.4 Å². The molecule has 0 radical (unpaired) electrons. The summed E-state index contributed by atoms with van der Waals surface area (Å²) in [5.41, 5.74) is 3.57. The first-order valence-corrected chi connectivity index (χ1v) is 10.2. The lowest BCUT2D eigenvalue weighted by Crippen LogP contribution is -2.87. The largest absolute Gasteiger partial charge is 0.497 e. The van der Waals surface area contributed by atoms with E-state index >= 15 is 0 Å². The van der Waals surface area contributed by atoms with Gasteiger partial charge in [0.15, 0.2) is 6.54 Å². The number of anilines is 1. The number of nitrogens with two attached hydrogens (primary N) is 1. The molecule has 3 N–H and O–H groups in total. The maximum atomic E-state index is 13.9. The van der Waals surface area contributed by atoms with E-state index in [1.165, 1.54) is 17.7 Å². The fraction of sp³-hybridized carbons (Fsp3) is 0.240. The van der Waals surface area contributed by atoms with Crippen LogP contribution in [0.3, 0.4) is 0 Å². The Bertz CT molecular complexity index is 1020. The first kappa shape index (κ1) is 22.3. The third kappa shape index (κ3) is 5.83. The third-order valence-electron chi connectivity index (χ3n) is 5.17. The van der Waals surface area contributed by atoms with E-state index in [2.05, 4.69) is 24.4 Å². The molecule has 0 bridgehead atoms. The number of hydrogen-bond acceptors (Lipinski definition) is 3. The van der Waals surface area contributed by atoms with Crippen LogP contribution in [0.5, 0.6) is 11.5 Å². The van der Waals surface area contributed by atoms with Crippen LogP contribution in [0.25, 0.3) is 0 Å². The van der Waals surface area contributed by atoms with Gasteiger partial charge >= 0.3 is 0 Å². The minimum atomic E-state index is -0.299. The second-order valence-electron chi connectivity index (χ2n) is 7.18. The van der Waals surface area contributed by atoms with E-state index in [-0.39, 0.29) is 24.3 Å². The zero-order valence-corrected chi connectivity index (χ0v) is 18.0. The molecule has 6 heteroatoms. The van der Waals surface area contributed by atoms with Gasteiger partial charge in [0.25, 0.3) is 5.91 Å². The standard InChI is InChI=1S/C25H27FN2O3/c1-4-17-8-10-18(11-9-17)25(19-6-5-7-20(26)14-19)27-16-24(29)28-22-15-21(30-2)12-13-23(22)31-3/h5-15,25,27H,4,16H2,1-3H3,(H,28,29)/p+1/t25-/m1/s1. The lowest BCUT2D eigenvalue weighted by atomic mass is 9.97. The highest BCUT2D eigenvalue weighted by atomic mass is 19.1. The SMILES string of the molecule is CCc1ccc([C@@H]([NH2+]CC(=O)Nc2cc(OC)ccc2OC)c2cccc(F)c2)cc1. The Balaban J connectivity index is 1.78. The molecule has 0 saturated carbocycles. The van der Waals surface area contributed by atoms with Crippen molar-refractivity contribution < 1.29 is 24.0 Å². The predicted molar refractivity (Wildman–Crippen MR) is 119 cm³/mol. The lowest BCUT2D eigenvalue weighted by molar-refractivity contribution is -0.676. The number of halogens is 1. The van der Waals surface area contributed by atoms with Crippen LogP contribution in [-0.2, 0) is 11.2 Å². The van der Waals surface area contributed by atoms with Gasteiger partial charge in [0.1, 0.15) is 23.4 Å². The molecule has 3 aromatic carbocycles. The molecule has 0 unspecified atom stereocenters. The van der Waals surface area contributed by atoms with Crippen molar-refractivity contribution in [3.63, 3.8) is 0 Å². The van der Waals surface area contributed by atoms with Crippen molar-refractivity contribution in [2.75, 3.05) is 26.1 Å². The molecule has 0 fully saturated rings. The summed E-state index contributed by atoms with van der Waals surface area (Å²) in [6.07, 6.45) is 0.944. The summed E-state index contributed by atoms with van der Waals surface area (Å²) in [4.78, 5) is 12.7. The van der Waals surface area contributed by atoms with Gasteiger partial charge in [-0.1, -0.05) is 43.3 Å². The average Bonchev–Trinajstić information content (AvgIpc) is 2.79. The summed E-state index contributed by atoms with van der Waals surface area (Å²) in [6.45, 7) is 2.25. The second-order valence-corrected chi connectivity index (χ2v) is 7.18. The highest BCUT2D eigenvalue weighted by molar-refractivity contribution is 5.93. The number of aryl methyl sites for hydroxylation is 1. The fourth-order valence-electron chi connectivity index (χ4n) is 3.46. The number of ether oxygens (including phenoxy) is 2. The van der Waals surface area contributed by atoms with E-state index in [0.717, 1.165) is 17.5 Å². The smallest absolute Gasteiger partial charge is 0.279 e. The lowest BCUT2D eigenvalue weighted by Gasteiger charge is -2.17. The van der Waals surface area contributed by atoms with E-state index in [1.807, 2.05) is 23.5 Å². The Kier molecular flexibility index (Phi) is 7.62. The molecule has 0 heterocycles. The molecule has 3 aromatic rings. The van der Waals surface area contributed by atoms with Crippen molar-refractivity contribution >= 4 is 11.6 Å². The van der Waals surface area contributed by atoms with Gasteiger partial charge in [0.2, 0.25) is 0 Å². The zero-order chi connectivity index (χ0) is 22.2. The molecular weight excluding hydrogens is 395 g/mol. The van der Waals surface area contributed by atoms with Crippen LogP contribution in [0.4, 0.5) is 10.1 Å². The normalized spacial score (nSPS) is 11.6. The van der Waals surface area contributed by atoms with Gasteiger partial charge in [-0.3, -0.25) is 4.79 Å². The summed E-state index contributed by atoms with van der Waals surface area (Å²) in [7, 11) is 3.11. The van der Waals surface area contributed by atoms with Crippen molar-refractivity contribution in [2.24, 2.45) is 0 Å². The molecule has 0 aliphatic heterocycles. The van der Waals surface area contributed by atoms with E-state index in [0.29, 0.717) is 17.2 Å². The molecule has 0 aliphatic rings. The third-order valence-corrected chi connectivity index (χ3v) is 5.17. The van der Waals surface area contributed by atoms with Crippen LogP contribution >= 0.6 is 0 Å². The summed E-state index contributed by atoms with van der Waals surface area (Å²) < 4.78 is 24.4. The fourth-order valence-corrected chi connectivity index (χ4v) is 3.46. The van der Waals surface area contributed by atoms with E-state index in [4.69, 9.17) is 9.47 Å². The summed E-state index contributed by atoms with van der Waals surface area (Å²) in [5, 5.41) is 4.78. The number of methoxy groups -OCH3 is 2.